The lowest BCUT2D eigenvalue weighted by Crippen LogP contribution is -2.15. The summed E-state index contributed by atoms with van der Waals surface area (Å²) in [5.41, 5.74) is 10.1. The van der Waals surface area contributed by atoms with Gasteiger partial charge in [-0.05, 0) is 45.5 Å². The molecule has 0 aliphatic heterocycles. The quantitative estimate of drug-likeness (QED) is 0.392. The monoisotopic (exact) mass is 347 g/mol. The molecule has 1 heteroatoms. The fraction of sp³-hybridized carbons (Fsp3) is 0.115. The van der Waals surface area contributed by atoms with Crippen molar-refractivity contribution in [1.29, 1.82) is 0 Å². The van der Waals surface area contributed by atoms with Gasteiger partial charge in [0.2, 0.25) is 0 Å². The molecule has 5 rings (SSSR count). The van der Waals surface area contributed by atoms with E-state index in [1.54, 1.807) is 0 Å². The Labute approximate surface area is 160 Å². The van der Waals surface area contributed by atoms with E-state index in [0.29, 0.717) is 0 Å². The smallest absolute Gasteiger partial charge is 0.0745 e. The number of benzene rings is 3. The predicted molar refractivity (Wildman–Crippen MR) is 113 cm³/mol. The van der Waals surface area contributed by atoms with Crippen molar-refractivity contribution in [3.8, 4) is 33.5 Å². The van der Waals surface area contributed by atoms with Crippen molar-refractivity contribution < 1.29 is 0 Å². The van der Waals surface area contributed by atoms with Gasteiger partial charge in [-0.3, -0.25) is 4.98 Å². The van der Waals surface area contributed by atoms with Crippen molar-refractivity contribution in [2.75, 3.05) is 0 Å². The summed E-state index contributed by atoms with van der Waals surface area (Å²) in [6.07, 6.45) is 1.89. The summed E-state index contributed by atoms with van der Waals surface area (Å²) < 4.78 is 0. The van der Waals surface area contributed by atoms with Gasteiger partial charge in [-0.2, -0.15) is 0 Å². The third kappa shape index (κ3) is 2.43. The molecule has 0 saturated carbocycles. The molecule has 1 aliphatic rings. The van der Waals surface area contributed by atoms with E-state index in [9.17, 15) is 0 Å². The van der Waals surface area contributed by atoms with Crippen molar-refractivity contribution in [2.45, 2.75) is 19.3 Å². The fourth-order valence-corrected chi connectivity index (χ4v) is 4.31. The van der Waals surface area contributed by atoms with Crippen molar-refractivity contribution in [3.05, 3.63) is 102 Å². The highest BCUT2D eigenvalue weighted by atomic mass is 14.7. The lowest BCUT2D eigenvalue weighted by atomic mass is 9.81. The van der Waals surface area contributed by atoms with Crippen LogP contribution in [0.15, 0.2) is 91.1 Å². The highest BCUT2D eigenvalue weighted by Crippen LogP contribution is 2.48. The normalized spacial score (nSPS) is 13.9. The van der Waals surface area contributed by atoms with Crippen LogP contribution in [0.1, 0.15) is 25.0 Å². The number of nitrogens with zero attached hydrogens (tertiary/aromatic N) is 1. The van der Waals surface area contributed by atoms with Crippen LogP contribution in [0.3, 0.4) is 0 Å². The standard InChI is InChI=1S/C26H21N/c1-26(2)23-13-8-16-27-25(23)22-15-14-19(17-24(22)26)21-12-7-6-11-20(21)18-9-4-3-5-10-18/h3-17H,1-2H3. The third-order valence-electron chi connectivity index (χ3n) is 5.75. The Hall–Kier alpha value is -3.19. The van der Waals surface area contributed by atoms with E-state index in [1.165, 1.54) is 38.9 Å². The Bertz CT molecular complexity index is 1140. The van der Waals surface area contributed by atoms with Crippen LogP contribution in [-0.4, -0.2) is 4.98 Å². The molecule has 1 aliphatic carbocycles. The minimum absolute atomic E-state index is 0.0311. The lowest BCUT2D eigenvalue weighted by molar-refractivity contribution is 0.659. The van der Waals surface area contributed by atoms with E-state index in [-0.39, 0.29) is 5.41 Å². The molecule has 1 nitrogen and oxygen atoms in total. The molecule has 130 valence electrons. The zero-order valence-corrected chi connectivity index (χ0v) is 15.6. The van der Waals surface area contributed by atoms with E-state index >= 15 is 0 Å². The zero-order valence-electron chi connectivity index (χ0n) is 15.6. The molecule has 0 unspecified atom stereocenters. The fourth-order valence-electron chi connectivity index (χ4n) is 4.31. The first-order valence-electron chi connectivity index (χ1n) is 9.41. The molecular formula is C26H21N. The first-order chi connectivity index (χ1) is 13.2. The summed E-state index contributed by atoms with van der Waals surface area (Å²) in [5.74, 6) is 0. The Balaban J connectivity index is 1.70. The molecule has 27 heavy (non-hydrogen) atoms. The van der Waals surface area contributed by atoms with Crippen LogP contribution in [0.5, 0.6) is 0 Å². The maximum atomic E-state index is 4.66. The maximum absolute atomic E-state index is 4.66. The summed E-state index contributed by atoms with van der Waals surface area (Å²) in [4.78, 5) is 4.66. The van der Waals surface area contributed by atoms with Crippen molar-refractivity contribution in [2.24, 2.45) is 0 Å². The van der Waals surface area contributed by atoms with Gasteiger partial charge in [0.05, 0.1) is 5.69 Å². The molecule has 0 saturated heterocycles. The molecule has 0 radical (unpaired) electrons. The van der Waals surface area contributed by atoms with Gasteiger partial charge in [0.1, 0.15) is 0 Å². The number of hydrogen-bond acceptors (Lipinski definition) is 1. The highest BCUT2D eigenvalue weighted by Gasteiger charge is 2.36. The first kappa shape index (κ1) is 16.0. The van der Waals surface area contributed by atoms with E-state index in [1.807, 2.05) is 12.3 Å². The van der Waals surface area contributed by atoms with Gasteiger partial charge in [0.25, 0.3) is 0 Å². The molecule has 3 aromatic carbocycles. The number of aromatic nitrogens is 1. The van der Waals surface area contributed by atoms with Crippen molar-refractivity contribution >= 4 is 0 Å². The number of fused-ring (bicyclic) bond motifs is 3. The van der Waals surface area contributed by atoms with Crippen LogP contribution in [0.25, 0.3) is 33.5 Å². The summed E-state index contributed by atoms with van der Waals surface area (Å²) in [5, 5.41) is 0. The number of rotatable bonds is 2. The van der Waals surface area contributed by atoms with E-state index in [4.69, 9.17) is 0 Å². The Morgan fingerprint density at radius 1 is 0.593 bits per heavy atom. The summed E-state index contributed by atoms with van der Waals surface area (Å²) in [6, 6.07) is 30.4. The Morgan fingerprint density at radius 2 is 1.30 bits per heavy atom. The van der Waals surface area contributed by atoms with Crippen LogP contribution in [0.2, 0.25) is 0 Å². The predicted octanol–water partition coefficient (Wildman–Crippen LogP) is 6.72. The largest absolute Gasteiger partial charge is 0.256 e. The summed E-state index contributed by atoms with van der Waals surface area (Å²) >= 11 is 0. The molecule has 0 amide bonds. The molecular weight excluding hydrogens is 326 g/mol. The third-order valence-corrected chi connectivity index (χ3v) is 5.75. The Kier molecular flexibility index (Phi) is 3.51. The van der Waals surface area contributed by atoms with Crippen LogP contribution in [0, 0.1) is 0 Å². The second kappa shape index (κ2) is 5.92. The SMILES string of the molecule is CC1(C)c2cc(-c3ccccc3-c3ccccc3)ccc2-c2ncccc21. The van der Waals surface area contributed by atoms with E-state index < -0.39 is 0 Å². The van der Waals surface area contributed by atoms with Crippen LogP contribution in [0.4, 0.5) is 0 Å². The van der Waals surface area contributed by atoms with E-state index in [0.717, 1.165) is 5.69 Å². The molecule has 4 aromatic rings. The Morgan fingerprint density at radius 3 is 2.07 bits per heavy atom. The second-order valence-corrected chi connectivity index (χ2v) is 7.70. The molecule has 0 fully saturated rings. The first-order valence-corrected chi connectivity index (χ1v) is 9.41. The molecule has 0 spiro atoms. The van der Waals surface area contributed by atoms with Gasteiger partial charge in [-0.25, -0.2) is 0 Å². The maximum Gasteiger partial charge on any atom is 0.0745 e. The highest BCUT2D eigenvalue weighted by molar-refractivity contribution is 5.87. The zero-order chi connectivity index (χ0) is 18.4. The average Bonchev–Trinajstić information content (AvgIpc) is 2.96. The van der Waals surface area contributed by atoms with Crippen LogP contribution in [-0.2, 0) is 5.41 Å². The van der Waals surface area contributed by atoms with Gasteiger partial charge in [0.15, 0.2) is 0 Å². The van der Waals surface area contributed by atoms with Crippen molar-refractivity contribution in [1.82, 2.24) is 4.98 Å². The van der Waals surface area contributed by atoms with Gasteiger partial charge < -0.3 is 0 Å². The van der Waals surface area contributed by atoms with Crippen molar-refractivity contribution in [3.63, 3.8) is 0 Å². The molecule has 1 heterocycles. The topological polar surface area (TPSA) is 12.9 Å². The molecule has 0 atom stereocenters. The molecule has 0 bridgehead atoms. The van der Waals surface area contributed by atoms with Gasteiger partial charge >= 0.3 is 0 Å². The van der Waals surface area contributed by atoms with Gasteiger partial charge in [-0.15, -0.1) is 0 Å². The van der Waals surface area contributed by atoms with Gasteiger partial charge in [0, 0.05) is 17.2 Å². The summed E-state index contributed by atoms with van der Waals surface area (Å²) in [6.45, 7) is 4.60. The summed E-state index contributed by atoms with van der Waals surface area (Å²) in [7, 11) is 0. The second-order valence-electron chi connectivity index (χ2n) is 7.70. The molecule has 1 aromatic heterocycles. The number of pyridine rings is 1. The minimum atomic E-state index is -0.0311. The van der Waals surface area contributed by atoms with Crippen LogP contribution < -0.4 is 0 Å². The molecule has 0 N–H and O–H groups in total. The van der Waals surface area contributed by atoms with E-state index in [2.05, 4.69) is 97.7 Å². The van der Waals surface area contributed by atoms with Crippen LogP contribution >= 0.6 is 0 Å². The average molecular weight is 347 g/mol. The minimum Gasteiger partial charge on any atom is -0.256 e. The lowest BCUT2D eigenvalue weighted by Gasteiger charge is -2.22. The number of hydrogen-bond donors (Lipinski definition) is 0. The van der Waals surface area contributed by atoms with Gasteiger partial charge in [-0.1, -0.05) is 86.6 Å².